The smallest absolute Gasteiger partial charge is 0.326 e. The Balaban J connectivity index is 1.67. The summed E-state index contributed by atoms with van der Waals surface area (Å²) in [6.45, 7) is 0. The Bertz CT molecular complexity index is 623. The number of nitrogens with zero attached hydrogens (tertiary/aromatic N) is 2. The van der Waals surface area contributed by atoms with Crippen LogP contribution < -0.4 is 5.32 Å². The summed E-state index contributed by atoms with van der Waals surface area (Å²) in [6, 6.07) is 8.93. The van der Waals surface area contributed by atoms with Gasteiger partial charge in [-0.05, 0) is 18.4 Å². The van der Waals surface area contributed by atoms with Gasteiger partial charge < -0.3 is 10.4 Å². The van der Waals surface area contributed by atoms with Gasteiger partial charge in [0.1, 0.15) is 11.9 Å². The van der Waals surface area contributed by atoms with Crippen molar-refractivity contribution in [2.45, 2.75) is 44.1 Å². The molecule has 1 heterocycles. The molecule has 0 aliphatic heterocycles. The minimum atomic E-state index is -0.874. The van der Waals surface area contributed by atoms with E-state index in [2.05, 4.69) is 14.7 Å². The molecule has 0 radical (unpaired) electrons. The van der Waals surface area contributed by atoms with Crippen molar-refractivity contribution in [2.24, 2.45) is 0 Å². The van der Waals surface area contributed by atoms with Crippen LogP contribution in [0.3, 0.4) is 0 Å². The van der Waals surface area contributed by atoms with E-state index in [0.29, 0.717) is 17.5 Å². The molecule has 2 N–H and O–H groups in total. The average molecular weight is 317 g/mol. The lowest BCUT2D eigenvalue weighted by atomic mass is 10.1. The maximum absolute atomic E-state index is 11.5. The molecule has 3 rings (SSSR count). The van der Waals surface area contributed by atoms with Crippen molar-refractivity contribution in [3.63, 3.8) is 0 Å². The highest BCUT2D eigenvalue weighted by atomic mass is 32.1. The number of carboxylic acids is 1. The first-order chi connectivity index (χ1) is 10.7. The fraction of sp³-hybridized carbons (Fsp3) is 0.438. The summed E-state index contributed by atoms with van der Waals surface area (Å²) in [5.41, 5.74) is 0.989. The van der Waals surface area contributed by atoms with Crippen molar-refractivity contribution in [1.29, 1.82) is 0 Å². The van der Waals surface area contributed by atoms with Gasteiger partial charge in [0, 0.05) is 23.9 Å². The summed E-state index contributed by atoms with van der Waals surface area (Å²) >= 11 is 1.26. The minimum absolute atomic E-state index is 0.425. The summed E-state index contributed by atoms with van der Waals surface area (Å²) in [7, 11) is 0. The third kappa shape index (κ3) is 3.62. The van der Waals surface area contributed by atoms with Crippen LogP contribution in [0.25, 0.3) is 0 Å². The van der Waals surface area contributed by atoms with Gasteiger partial charge >= 0.3 is 5.97 Å². The molecule has 0 saturated heterocycles. The second kappa shape index (κ2) is 6.87. The molecule has 22 heavy (non-hydrogen) atoms. The Morgan fingerprint density at radius 3 is 2.73 bits per heavy atom. The fourth-order valence-corrected chi connectivity index (χ4v) is 3.54. The zero-order valence-electron chi connectivity index (χ0n) is 12.2. The maximum Gasteiger partial charge on any atom is 0.326 e. The number of rotatable bonds is 6. The van der Waals surface area contributed by atoms with Crippen LogP contribution in [0, 0.1) is 0 Å². The highest BCUT2D eigenvalue weighted by Crippen LogP contribution is 2.33. The zero-order valence-corrected chi connectivity index (χ0v) is 13.1. The van der Waals surface area contributed by atoms with Crippen LogP contribution in [0.2, 0.25) is 0 Å². The predicted molar refractivity (Wildman–Crippen MR) is 86.3 cm³/mol. The van der Waals surface area contributed by atoms with E-state index in [1.807, 2.05) is 30.3 Å². The van der Waals surface area contributed by atoms with Crippen molar-refractivity contribution in [3.05, 3.63) is 41.7 Å². The van der Waals surface area contributed by atoms with Crippen molar-refractivity contribution >= 4 is 22.6 Å². The molecule has 1 atom stereocenters. The molecule has 1 aliphatic carbocycles. The Morgan fingerprint density at radius 2 is 2.05 bits per heavy atom. The van der Waals surface area contributed by atoms with Crippen LogP contribution in [0.15, 0.2) is 30.3 Å². The van der Waals surface area contributed by atoms with Gasteiger partial charge in [-0.2, -0.15) is 4.37 Å². The number of anilines is 1. The summed E-state index contributed by atoms with van der Waals surface area (Å²) in [4.78, 5) is 16.0. The molecule has 1 aliphatic rings. The van der Waals surface area contributed by atoms with Crippen LogP contribution >= 0.6 is 11.5 Å². The standard InChI is InChI=1S/C16H19N3O2S/c20-15(21)13(10-11-6-2-1-3-7-11)17-16-18-14(19-22-16)12-8-4-5-9-12/h1-3,6-7,12-13H,4-5,8-10H2,(H,20,21)(H,17,18,19)/t13-/m1/s1. The summed E-state index contributed by atoms with van der Waals surface area (Å²) in [6.07, 6.45) is 5.18. The molecule has 1 fully saturated rings. The van der Waals surface area contributed by atoms with Gasteiger partial charge in [0.2, 0.25) is 5.13 Å². The largest absolute Gasteiger partial charge is 0.480 e. The third-order valence-electron chi connectivity index (χ3n) is 4.04. The van der Waals surface area contributed by atoms with Crippen LogP contribution in [0.4, 0.5) is 5.13 Å². The summed E-state index contributed by atoms with van der Waals surface area (Å²) < 4.78 is 4.39. The van der Waals surface area contributed by atoms with E-state index in [-0.39, 0.29) is 0 Å². The molecule has 0 amide bonds. The molecule has 2 aromatic rings. The molecule has 1 saturated carbocycles. The number of carboxylic acid groups (broad SMARTS) is 1. The molecular formula is C16H19N3O2S. The second-order valence-corrected chi connectivity index (χ2v) is 6.42. The van der Waals surface area contributed by atoms with E-state index in [9.17, 15) is 9.90 Å². The van der Waals surface area contributed by atoms with Gasteiger partial charge in [0.25, 0.3) is 0 Å². The van der Waals surface area contributed by atoms with Gasteiger partial charge in [-0.1, -0.05) is 43.2 Å². The number of nitrogens with one attached hydrogen (secondary N) is 1. The molecule has 1 aromatic carbocycles. The Labute approximate surface area is 133 Å². The summed E-state index contributed by atoms with van der Waals surface area (Å²) in [5, 5.41) is 13.0. The number of hydrogen-bond donors (Lipinski definition) is 2. The fourth-order valence-electron chi connectivity index (χ4n) is 2.84. The van der Waals surface area contributed by atoms with E-state index in [1.54, 1.807) is 0 Å². The van der Waals surface area contributed by atoms with Crippen molar-refractivity contribution in [1.82, 2.24) is 9.36 Å². The number of aromatic nitrogens is 2. The monoisotopic (exact) mass is 317 g/mol. The minimum Gasteiger partial charge on any atom is -0.480 e. The molecule has 0 bridgehead atoms. The Hall–Kier alpha value is -1.95. The topological polar surface area (TPSA) is 75.1 Å². The Kier molecular flexibility index (Phi) is 4.68. The maximum atomic E-state index is 11.5. The van der Waals surface area contributed by atoms with E-state index in [1.165, 1.54) is 24.4 Å². The molecule has 6 heteroatoms. The van der Waals surface area contributed by atoms with E-state index in [0.717, 1.165) is 24.2 Å². The number of hydrogen-bond acceptors (Lipinski definition) is 5. The predicted octanol–water partition coefficient (Wildman–Crippen LogP) is 3.30. The third-order valence-corrected chi connectivity index (χ3v) is 4.70. The van der Waals surface area contributed by atoms with Gasteiger partial charge in [-0.25, -0.2) is 9.78 Å². The highest BCUT2D eigenvalue weighted by Gasteiger charge is 2.23. The lowest BCUT2D eigenvalue weighted by Gasteiger charge is -2.13. The van der Waals surface area contributed by atoms with E-state index in [4.69, 9.17) is 0 Å². The zero-order chi connectivity index (χ0) is 15.4. The lowest BCUT2D eigenvalue weighted by Crippen LogP contribution is -2.31. The number of carbonyl (C=O) groups is 1. The quantitative estimate of drug-likeness (QED) is 0.855. The van der Waals surface area contributed by atoms with Crippen LogP contribution in [0.1, 0.15) is 43.0 Å². The normalized spacial score (nSPS) is 16.5. The van der Waals surface area contributed by atoms with E-state index < -0.39 is 12.0 Å². The molecular weight excluding hydrogens is 298 g/mol. The second-order valence-electron chi connectivity index (χ2n) is 5.66. The first kappa shape index (κ1) is 15.0. The molecule has 5 nitrogen and oxygen atoms in total. The summed E-state index contributed by atoms with van der Waals surface area (Å²) in [5.74, 6) is 0.444. The first-order valence-corrected chi connectivity index (χ1v) is 8.36. The average Bonchev–Trinajstić information content (AvgIpc) is 3.18. The van der Waals surface area contributed by atoms with Gasteiger partial charge in [0.15, 0.2) is 0 Å². The molecule has 0 unspecified atom stereocenters. The van der Waals surface area contributed by atoms with Gasteiger partial charge in [0.05, 0.1) is 0 Å². The van der Waals surface area contributed by atoms with Crippen molar-refractivity contribution in [3.8, 4) is 0 Å². The number of benzene rings is 1. The SMILES string of the molecule is O=C(O)[C@@H](Cc1ccccc1)Nc1nc(C2CCCC2)ns1. The van der Waals surface area contributed by atoms with E-state index >= 15 is 0 Å². The molecule has 116 valence electrons. The highest BCUT2D eigenvalue weighted by molar-refractivity contribution is 7.09. The van der Waals surface area contributed by atoms with Crippen molar-refractivity contribution < 1.29 is 9.90 Å². The van der Waals surface area contributed by atoms with Crippen LogP contribution in [-0.4, -0.2) is 26.5 Å². The molecule has 1 aromatic heterocycles. The van der Waals surface area contributed by atoms with Gasteiger partial charge in [-0.3, -0.25) is 0 Å². The number of aliphatic carboxylic acids is 1. The van der Waals surface area contributed by atoms with Crippen LogP contribution in [-0.2, 0) is 11.2 Å². The van der Waals surface area contributed by atoms with Crippen molar-refractivity contribution in [2.75, 3.05) is 5.32 Å². The lowest BCUT2D eigenvalue weighted by molar-refractivity contribution is -0.137. The Morgan fingerprint density at radius 1 is 1.32 bits per heavy atom. The molecule has 0 spiro atoms. The van der Waals surface area contributed by atoms with Gasteiger partial charge in [-0.15, -0.1) is 0 Å². The van der Waals surface area contributed by atoms with Crippen LogP contribution in [0.5, 0.6) is 0 Å². The first-order valence-electron chi connectivity index (χ1n) is 7.59.